The summed E-state index contributed by atoms with van der Waals surface area (Å²) in [5.41, 5.74) is 2.36. The number of nitrogens with one attached hydrogen (secondary N) is 1. The van der Waals surface area contributed by atoms with Gasteiger partial charge in [0.2, 0.25) is 0 Å². The van der Waals surface area contributed by atoms with Crippen LogP contribution in [0.25, 0.3) is 0 Å². The van der Waals surface area contributed by atoms with Gasteiger partial charge in [0.1, 0.15) is 0 Å². The van der Waals surface area contributed by atoms with E-state index in [2.05, 4.69) is 31.2 Å². The second-order valence-corrected chi connectivity index (χ2v) is 4.67. The van der Waals surface area contributed by atoms with Crippen molar-refractivity contribution in [3.63, 3.8) is 0 Å². The van der Waals surface area contributed by atoms with Crippen LogP contribution in [0.2, 0.25) is 0 Å². The molecule has 0 saturated carbocycles. The maximum Gasteiger partial charge on any atom is 0.0542 e. The van der Waals surface area contributed by atoms with E-state index in [9.17, 15) is 0 Å². The Balaban J connectivity index is 1.71. The van der Waals surface area contributed by atoms with Gasteiger partial charge in [0.25, 0.3) is 0 Å². The monoisotopic (exact) mass is 291 g/mol. The molecule has 4 heteroatoms. The van der Waals surface area contributed by atoms with Gasteiger partial charge in [-0.3, -0.25) is 9.97 Å². The molecule has 0 amide bonds. The fourth-order valence-electron chi connectivity index (χ4n) is 1.51. The number of aromatic nitrogens is 2. The highest BCUT2D eigenvalue weighted by Crippen LogP contribution is 2.07. The van der Waals surface area contributed by atoms with Gasteiger partial charge < -0.3 is 5.32 Å². The van der Waals surface area contributed by atoms with Gasteiger partial charge in [0, 0.05) is 29.6 Å². The number of hydrogen-bond donors (Lipinski definition) is 1. The lowest BCUT2D eigenvalue weighted by Gasteiger charge is -2.04. The van der Waals surface area contributed by atoms with Crippen LogP contribution < -0.4 is 5.32 Å². The summed E-state index contributed by atoms with van der Waals surface area (Å²) >= 11 is 3.37. The largest absolute Gasteiger partial charge is 0.311 e. The van der Waals surface area contributed by atoms with Crippen molar-refractivity contribution in [2.24, 2.45) is 0 Å². The van der Waals surface area contributed by atoms with Gasteiger partial charge >= 0.3 is 0 Å². The third kappa shape index (κ3) is 4.24. The summed E-state index contributed by atoms with van der Waals surface area (Å²) in [6.07, 6.45) is 6.48. The SMILES string of the molecule is Brc1ccc(CNCCc2ccncc2)nc1. The molecule has 0 aliphatic carbocycles. The molecule has 0 aliphatic heterocycles. The van der Waals surface area contributed by atoms with Crippen molar-refractivity contribution in [2.75, 3.05) is 6.54 Å². The first-order valence-electron chi connectivity index (χ1n) is 5.54. The highest BCUT2D eigenvalue weighted by Gasteiger charge is 1.95. The van der Waals surface area contributed by atoms with Gasteiger partial charge in [0.05, 0.1) is 5.69 Å². The highest BCUT2D eigenvalue weighted by atomic mass is 79.9. The van der Waals surface area contributed by atoms with Crippen LogP contribution in [-0.4, -0.2) is 16.5 Å². The van der Waals surface area contributed by atoms with E-state index in [1.165, 1.54) is 5.56 Å². The first kappa shape index (κ1) is 12.2. The normalized spacial score (nSPS) is 10.4. The number of nitrogens with zero attached hydrogens (tertiary/aromatic N) is 2. The van der Waals surface area contributed by atoms with Crippen LogP contribution in [0, 0.1) is 0 Å². The lowest BCUT2D eigenvalue weighted by Crippen LogP contribution is -2.17. The Hall–Kier alpha value is -1.26. The average Bonchev–Trinajstić information content (AvgIpc) is 2.38. The fraction of sp³-hybridized carbons (Fsp3) is 0.231. The predicted octanol–water partition coefficient (Wildman–Crippen LogP) is 2.57. The smallest absolute Gasteiger partial charge is 0.0542 e. The molecular weight excluding hydrogens is 278 g/mol. The predicted molar refractivity (Wildman–Crippen MR) is 71.6 cm³/mol. The quantitative estimate of drug-likeness (QED) is 0.861. The van der Waals surface area contributed by atoms with Crippen LogP contribution in [0.4, 0.5) is 0 Å². The van der Waals surface area contributed by atoms with Crippen molar-refractivity contribution in [1.29, 1.82) is 0 Å². The van der Waals surface area contributed by atoms with Crippen molar-refractivity contribution in [1.82, 2.24) is 15.3 Å². The lowest BCUT2D eigenvalue weighted by molar-refractivity contribution is 0.674. The van der Waals surface area contributed by atoms with Gasteiger partial charge in [0.15, 0.2) is 0 Å². The Kier molecular flexibility index (Phi) is 4.64. The maximum atomic E-state index is 4.30. The topological polar surface area (TPSA) is 37.8 Å². The van der Waals surface area contributed by atoms with E-state index >= 15 is 0 Å². The van der Waals surface area contributed by atoms with Crippen LogP contribution in [0.3, 0.4) is 0 Å². The summed E-state index contributed by atoms with van der Waals surface area (Å²) in [6, 6.07) is 8.11. The van der Waals surface area contributed by atoms with Crippen molar-refractivity contribution in [3.05, 3.63) is 58.6 Å². The second-order valence-electron chi connectivity index (χ2n) is 3.75. The third-order valence-corrected chi connectivity index (χ3v) is 2.90. The molecule has 0 bridgehead atoms. The van der Waals surface area contributed by atoms with E-state index in [-0.39, 0.29) is 0 Å². The summed E-state index contributed by atoms with van der Waals surface area (Å²) in [4.78, 5) is 8.30. The van der Waals surface area contributed by atoms with E-state index in [1.807, 2.05) is 42.9 Å². The Morgan fingerprint density at radius 1 is 1.12 bits per heavy atom. The van der Waals surface area contributed by atoms with Gasteiger partial charge in [-0.1, -0.05) is 0 Å². The molecule has 2 aromatic rings. The summed E-state index contributed by atoms with van der Waals surface area (Å²) in [7, 11) is 0. The molecule has 0 radical (unpaired) electrons. The molecule has 0 aliphatic rings. The molecule has 0 saturated heterocycles. The van der Waals surface area contributed by atoms with Crippen LogP contribution in [0.1, 0.15) is 11.3 Å². The summed E-state index contributed by atoms with van der Waals surface area (Å²) < 4.78 is 1.01. The molecule has 2 aromatic heterocycles. The van der Waals surface area contributed by atoms with Crippen molar-refractivity contribution < 1.29 is 0 Å². The highest BCUT2D eigenvalue weighted by molar-refractivity contribution is 9.10. The Bertz CT molecular complexity index is 442. The molecule has 0 atom stereocenters. The summed E-state index contributed by atoms with van der Waals surface area (Å²) in [5.74, 6) is 0. The number of pyridine rings is 2. The minimum atomic E-state index is 0.804. The maximum absolute atomic E-state index is 4.30. The lowest BCUT2D eigenvalue weighted by atomic mass is 10.2. The molecule has 3 nitrogen and oxygen atoms in total. The van der Waals surface area contributed by atoms with E-state index in [1.54, 1.807) is 0 Å². The van der Waals surface area contributed by atoms with Crippen LogP contribution in [0.5, 0.6) is 0 Å². The molecule has 0 fully saturated rings. The van der Waals surface area contributed by atoms with Crippen molar-refractivity contribution in [2.45, 2.75) is 13.0 Å². The zero-order valence-corrected chi connectivity index (χ0v) is 11.0. The summed E-state index contributed by atoms with van der Waals surface area (Å²) in [5, 5.41) is 3.37. The van der Waals surface area contributed by atoms with Gasteiger partial charge in [-0.25, -0.2) is 0 Å². The minimum Gasteiger partial charge on any atom is -0.311 e. The molecule has 88 valence electrons. The van der Waals surface area contributed by atoms with Crippen molar-refractivity contribution >= 4 is 15.9 Å². The molecule has 0 aromatic carbocycles. The number of rotatable bonds is 5. The van der Waals surface area contributed by atoms with Gasteiger partial charge in [-0.2, -0.15) is 0 Å². The molecule has 17 heavy (non-hydrogen) atoms. The van der Waals surface area contributed by atoms with Crippen LogP contribution >= 0.6 is 15.9 Å². The first-order chi connectivity index (χ1) is 8.34. The summed E-state index contributed by atoms with van der Waals surface area (Å²) in [6.45, 7) is 1.75. The zero-order chi connectivity index (χ0) is 11.9. The van der Waals surface area contributed by atoms with Crippen molar-refractivity contribution in [3.8, 4) is 0 Å². The minimum absolute atomic E-state index is 0.804. The molecule has 0 unspecified atom stereocenters. The second kappa shape index (κ2) is 6.47. The fourth-order valence-corrected chi connectivity index (χ4v) is 1.74. The third-order valence-electron chi connectivity index (χ3n) is 2.43. The van der Waals surface area contributed by atoms with Gasteiger partial charge in [-0.15, -0.1) is 0 Å². The standard InChI is InChI=1S/C13H14BrN3/c14-12-1-2-13(17-9-12)10-16-8-5-11-3-6-15-7-4-11/h1-4,6-7,9,16H,5,8,10H2. The molecule has 2 rings (SSSR count). The first-order valence-corrected chi connectivity index (χ1v) is 6.34. The average molecular weight is 292 g/mol. The molecular formula is C13H14BrN3. The van der Waals surface area contributed by atoms with Crippen LogP contribution in [0.15, 0.2) is 47.3 Å². The Morgan fingerprint density at radius 2 is 1.94 bits per heavy atom. The molecule has 0 spiro atoms. The van der Waals surface area contributed by atoms with E-state index < -0.39 is 0 Å². The molecule has 2 heterocycles. The number of halogens is 1. The Morgan fingerprint density at radius 3 is 2.65 bits per heavy atom. The molecule has 1 N–H and O–H groups in total. The van der Waals surface area contributed by atoms with Crippen LogP contribution in [-0.2, 0) is 13.0 Å². The van der Waals surface area contributed by atoms with E-state index in [4.69, 9.17) is 0 Å². The zero-order valence-electron chi connectivity index (χ0n) is 9.44. The van der Waals surface area contributed by atoms with Gasteiger partial charge in [-0.05, 0) is 58.7 Å². The van der Waals surface area contributed by atoms with E-state index in [0.29, 0.717) is 0 Å². The Labute approximate surface area is 109 Å². The number of hydrogen-bond acceptors (Lipinski definition) is 3. The van der Waals surface area contributed by atoms with E-state index in [0.717, 1.165) is 29.7 Å².